The molecular weight excluding hydrogens is 365 g/mol. The Morgan fingerprint density at radius 3 is 2.44 bits per heavy atom. The second kappa shape index (κ2) is 8.30. The zero-order valence-corrected chi connectivity index (χ0v) is 16.5. The number of rotatable bonds is 4. The van der Waals surface area contributed by atoms with Crippen molar-refractivity contribution in [3.8, 4) is 5.75 Å². The maximum absolute atomic E-state index is 13.2. The minimum Gasteiger partial charge on any atom is -0.478 e. The van der Waals surface area contributed by atoms with Gasteiger partial charge >= 0.3 is 0 Å². The normalized spacial score (nSPS) is 18.1. The molecule has 2 aromatic rings. The Labute approximate surface area is 165 Å². The lowest BCUT2D eigenvalue weighted by Gasteiger charge is -2.33. The lowest BCUT2D eigenvalue weighted by Crippen LogP contribution is -2.49. The molecule has 0 radical (unpaired) electrons. The highest BCUT2D eigenvalue weighted by Gasteiger charge is 2.36. The van der Waals surface area contributed by atoms with Gasteiger partial charge in [-0.15, -0.1) is 0 Å². The van der Waals surface area contributed by atoms with Gasteiger partial charge in [-0.25, -0.2) is 4.39 Å². The van der Waals surface area contributed by atoms with Crippen LogP contribution in [0.2, 0.25) is 5.02 Å². The first-order valence-electron chi connectivity index (χ1n) is 9.34. The quantitative estimate of drug-likeness (QED) is 0.697. The van der Waals surface area contributed by atoms with Crippen LogP contribution in [-0.2, 0) is 4.79 Å². The fourth-order valence-electron chi connectivity index (χ4n) is 3.56. The van der Waals surface area contributed by atoms with Gasteiger partial charge in [0.15, 0.2) is 5.60 Å². The van der Waals surface area contributed by atoms with E-state index >= 15 is 0 Å². The third-order valence-corrected chi connectivity index (χ3v) is 5.25. The molecule has 0 spiro atoms. The van der Waals surface area contributed by atoms with Crippen molar-refractivity contribution < 1.29 is 13.9 Å². The van der Waals surface area contributed by atoms with Crippen molar-refractivity contribution in [2.75, 3.05) is 13.1 Å². The highest BCUT2D eigenvalue weighted by Crippen LogP contribution is 2.29. The van der Waals surface area contributed by atoms with Crippen molar-refractivity contribution in [2.24, 2.45) is 0 Å². The Balaban J connectivity index is 1.73. The van der Waals surface area contributed by atoms with Crippen molar-refractivity contribution in [2.45, 2.75) is 44.6 Å². The number of likely N-dealkylation sites (tertiary alicyclic amines) is 1. The number of hydrogen-bond donors (Lipinski definition) is 0. The molecule has 0 saturated carbocycles. The summed E-state index contributed by atoms with van der Waals surface area (Å²) in [6.45, 7) is 4.92. The predicted molar refractivity (Wildman–Crippen MR) is 106 cm³/mol. The number of amides is 1. The van der Waals surface area contributed by atoms with Gasteiger partial charge in [-0.1, -0.05) is 30.2 Å². The van der Waals surface area contributed by atoms with Gasteiger partial charge in [-0.3, -0.25) is 4.79 Å². The molecule has 3 rings (SSSR count). The van der Waals surface area contributed by atoms with Gasteiger partial charge in [-0.2, -0.15) is 0 Å². The summed E-state index contributed by atoms with van der Waals surface area (Å²) in [5.41, 5.74) is 0.0958. The molecule has 1 unspecified atom stereocenters. The molecule has 0 aromatic heterocycles. The van der Waals surface area contributed by atoms with E-state index in [4.69, 9.17) is 16.3 Å². The second-order valence-electron chi connectivity index (χ2n) is 7.56. The minimum absolute atomic E-state index is 0.0357. The highest BCUT2D eigenvalue weighted by molar-refractivity contribution is 6.30. The number of ether oxygens (including phenoxy) is 1. The van der Waals surface area contributed by atoms with Crippen LogP contribution in [0.4, 0.5) is 4.39 Å². The first-order chi connectivity index (χ1) is 12.8. The molecule has 2 aromatic carbocycles. The summed E-state index contributed by atoms with van der Waals surface area (Å²) in [6.07, 6.45) is 3.00. The average Bonchev–Trinajstić information content (AvgIpc) is 2.89. The third-order valence-electron chi connectivity index (χ3n) is 5.00. The van der Waals surface area contributed by atoms with Crippen LogP contribution in [0.25, 0.3) is 0 Å². The molecule has 27 heavy (non-hydrogen) atoms. The van der Waals surface area contributed by atoms with E-state index in [2.05, 4.69) is 0 Å². The van der Waals surface area contributed by atoms with E-state index in [0.717, 1.165) is 24.8 Å². The maximum Gasteiger partial charge on any atom is 0.266 e. The Morgan fingerprint density at radius 1 is 1.11 bits per heavy atom. The summed E-state index contributed by atoms with van der Waals surface area (Å²) in [4.78, 5) is 15.1. The molecule has 1 aliphatic heterocycles. The van der Waals surface area contributed by atoms with E-state index < -0.39 is 5.60 Å². The van der Waals surface area contributed by atoms with Gasteiger partial charge in [0.25, 0.3) is 5.91 Å². The zero-order chi connectivity index (χ0) is 19.4. The Bertz CT molecular complexity index is 774. The molecule has 0 bridgehead atoms. The lowest BCUT2D eigenvalue weighted by molar-refractivity contribution is -0.145. The SMILES string of the molecule is CC(C)(Oc1ccc(Cl)cc1)C(=O)N1CCCCC(c2ccc(F)cc2)C1. The predicted octanol–water partition coefficient (Wildman–Crippen LogP) is 5.43. The Hall–Kier alpha value is -2.07. The fourth-order valence-corrected chi connectivity index (χ4v) is 3.68. The van der Waals surface area contributed by atoms with Crippen LogP contribution in [0.5, 0.6) is 5.75 Å². The van der Waals surface area contributed by atoms with E-state index in [1.165, 1.54) is 12.1 Å². The summed E-state index contributed by atoms with van der Waals surface area (Å²) in [5.74, 6) is 0.551. The molecule has 1 amide bonds. The first kappa shape index (κ1) is 19.7. The molecule has 5 heteroatoms. The van der Waals surface area contributed by atoms with Crippen LogP contribution in [0.15, 0.2) is 48.5 Å². The van der Waals surface area contributed by atoms with Crippen LogP contribution in [0.3, 0.4) is 0 Å². The number of nitrogens with zero attached hydrogens (tertiary/aromatic N) is 1. The molecule has 0 aliphatic carbocycles. The lowest BCUT2D eigenvalue weighted by atomic mass is 9.94. The minimum atomic E-state index is -0.981. The summed E-state index contributed by atoms with van der Waals surface area (Å²) >= 11 is 5.92. The fraction of sp³-hybridized carbons (Fsp3) is 0.409. The molecular formula is C22H25ClFNO2. The van der Waals surface area contributed by atoms with Crippen LogP contribution in [0.1, 0.15) is 44.6 Å². The summed E-state index contributed by atoms with van der Waals surface area (Å²) in [7, 11) is 0. The van der Waals surface area contributed by atoms with Gasteiger partial charge in [0, 0.05) is 24.0 Å². The van der Waals surface area contributed by atoms with Crippen LogP contribution < -0.4 is 4.74 Å². The molecule has 1 atom stereocenters. The molecule has 3 nitrogen and oxygen atoms in total. The van der Waals surface area contributed by atoms with E-state index in [0.29, 0.717) is 23.9 Å². The number of halogens is 2. The van der Waals surface area contributed by atoms with E-state index in [-0.39, 0.29) is 17.6 Å². The highest BCUT2D eigenvalue weighted by atomic mass is 35.5. The number of carbonyl (C=O) groups is 1. The Morgan fingerprint density at radius 2 is 1.78 bits per heavy atom. The van der Waals surface area contributed by atoms with E-state index in [9.17, 15) is 9.18 Å². The standard InChI is InChI=1S/C22H25ClFNO2/c1-22(2,27-20-12-8-18(23)9-13-20)21(26)25-14-4-3-5-17(15-25)16-6-10-19(24)11-7-16/h6-13,17H,3-5,14-15H2,1-2H3. The van der Waals surface area contributed by atoms with E-state index in [1.54, 1.807) is 38.1 Å². The number of benzene rings is 2. The Kier molecular flexibility index (Phi) is 6.05. The summed E-state index contributed by atoms with van der Waals surface area (Å²) in [5, 5.41) is 0.626. The maximum atomic E-state index is 13.2. The van der Waals surface area contributed by atoms with Crippen LogP contribution in [-0.4, -0.2) is 29.5 Å². The largest absolute Gasteiger partial charge is 0.478 e. The smallest absolute Gasteiger partial charge is 0.266 e. The molecule has 1 fully saturated rings. The molecule has 1 aliphatic rings. The molecule has 144 valence electrons. The third kappa shape index (κ3) is 5.01. The van der Waals surface area contributed by atoms with Crippen LogP contribution in [0, 0.1) is 5.82 Å². The zero-order valence-electron chi connectivity index (χ0n) is 15.8. The topological polar surface area (TPSA) is 29.5 Å². The molecule has 1 heterocycles. The van der Waals surface area contributed by atoms with Crippen LogP contribution >= 0.6 is 11.6 Å². The van der Waals surface area contributed by atoms with Gasteiger partial charge in [-0.05, 0) is 68.7 Å². The number of hydrogen-bond acceptors (Lipinski definition) is 2. The van der Waals surface area contributed by atoms with Crippen molar-refractivity contribution >= 4 is 17.5 Å². The molecule has 1 saturated heterocycles. The van der Waals surface area contributed by atoms with Gasteiger partial charge in [0.1, 0.15) is 11.6 Å². The van der Waals surface area contributed by atoms with Gasteiger partial charge < -0.3 is 9.64 Å². The van der Waals surface area contributed by atoms with Crippen molar-refractivity contribution in [1.82, 2.24) is 4.90 Å². The van der Waals surface area contributed by atoms with Crippen molar-refractivity contribution in [1.29, 1.82) is 0 Å². The summed E-state index contributed by atoms with van der Waals surface area (Å²) in [6, 6.07) is 13.6. The average molecular weight is 390 g/mol. The van der Waals surface area contributed by atoms with Crippen molar-refractivity contribution in [3.05, 3.63) is 64.9 Å². The monoisotopic (exact) mass is 389 g/mol. The number of carbonyl (C=O) groups excluding carboxylic acids is 1. The van der Waals surface area contributed by atoms with Gasteiger partial charge in [0.2, 0.25) is 0 Å². The van der Waals surface area contributed by atoms with Gasteiger partial charge in [0.05, 0.1) is 0 Å². The molecule has 0 N–H and O–H groups in total. The van der Waals surface area contributed by atoms with E-state index in [1.807, 2.05) is 17.0 Å². The first-order valence-corrected chi connectivity index (χ1v) is 9.72. The second-order valence-corrected chi connectivity index (χ2v) is 8.00. The summed E-state index contributed by atoms with van der Waals surface area (Å²) < 4.78 is 19.2. The van der Waals surface area contributed by atoms with Crippen molar-refractivity contribution in [3.63, 3.8) is 0 Å².